The van der Waals surface area contributed by atoms with Crippen LogP contribution in [-0.4, -0.2) is 45.1 Å². The van der Waals surface area contributed by atoms with Crippen LogP contribution in [0.3, 0.4) is 0 Å². The van der Waals surface area contributed by atoms with Crippen molar-refractivity contribution in [1.82, 2.24) is 9.62 Å². The van der Waals surface area contributed by atoms with Crippen LogP contribution in [0.15, 0.2) is 15.4 Å². The molecule has 1 N–H and O–H groups in total. The number of furan rings is 1. The fourth-order valence-electron chi connectivity index (χ4n) is 2.31. The molecule has 1 aromatic rings. The summed E-state index contributed by atoms with van der Waals surface area (Å²) in [5, 5.41) is 3.12. The zero-order valence-corrected chi connectivity index (χ0v) is 13.0. The first-order valence-corrected chi connectivity index (χ1v) is 8.30. The zero-order valence-electron chi connectivity index (χ0n) is 12.2. The Morgan fingerprint density at radius 3 is 2.90 bits per heavy atom. The predicted octanol–water partition coefficient (Wildman–Crippen LogP) is 1.11. The lowest BCUT2D eigenvalue weighted by Crippen LogP contribution is -2.46. The lowest BCUT2D eigenvalue weighted by molar-refractivity contribution is 0.0392. The predicted molar refractivity (Wildman–Crippen MR) is 75.0 cm³/mol. The van der Waals surface area contributed by atoms with Gasteiger partial charge in [0.1, 0.15) is 16.4 Å². The molecule has 1 aromatic heterocycles. The Hall–Kier alpha value is -0.890. The third kappa shape index (κ3) is 3.06. The van der Waals surface area contributed by atoms with Crippen LogP contribution in [0, 0.1) is 6.92 Å². The van der Waals surface area contributed by atoms with Gasteiger partial charge in [-0.2, -0.15) is 4.31 Å². The second-order valence-corrected chi connectivity index (χ2v) is 6.81. The van der Waals surface area contributed by atoms with E-state index in [0.29, 0.717) is 37.8 Å². The largest absolute Gasteiger partial charge is 0.464 e. The van der Waals surface area contributed by atoms with Crippen LogP contribution in [0.1, 0.15) is 25.4 Å². The first-order valence-electron chi connectivity index (χ1n) is 6.86. The Bertz CT molecular complexity index is 553. The van der Waals surface area contributed by atoms with Crippen molar-refractivity contribution in [1.29, 1.82) is 0 Å². The van der Waals surface area contributed by atoms with Crippen molar-refractivity contribution < 1.29 is 17.6 Å². The van der Waals surface area contributed by atoms with E-state index in [4.69, 9.17) is 9.15 Å². The molecule has 1 atom stereocenters. The third-order valence-electron chi connectivity index (χ3n) is 3.37. The molecule has 1 aliphatic rings. The van der Waals surface area contributed by atoms with Crippen molar-refractivity contribution in [2.45, 2.75) is 38.3 Å². The highest BCUT2D eigenvalue weighted by atomic mass is 32.2. The van der Waals surface area contributed by atoms with Gasteiger partial charge in [-0.3, -0.25) is 0 Å². The van der Waals surface area contributed by atoms with Gasteiger partial charge in [0.25, 0.3) is 0 Å². The van der Waals surface area contributed by atoms with Crippen molar-refractivity contribution in [3.63, 3.8) is 0 Å². The molecule has 7 heteroatoms. The molecular formula is C13H22N2O4S. The summed E-state index contributed by atoms with van der Waals surface area (Å²) in [6.45, 7) is 8.12. The summed E-state index contributed by atoms with van der Waals surface area (Å²) in [5.41, 5.74) is 0. The molecule has 1 saturated heterocycles. The Morgan fingerprint density at radius 1 is 1.50 bits per heavy atom. The molecule has 1 fully saturated rings. The van der Waals surface area contributed by atoms with Gasteiger partial charge in [0.15, 0.2) is 0 Å². The minimum absolute atomic E-state index is 0.153. The number of hydrogen-bond acceptors (Lipinski definition) is 5. The van der Waals surface area contributed by atoms with E-state index in [-0.39, 0.29) is 10.9 Å². The standard InChI is InChI=1S/C13H22N2O4S/c1-4-14-8-12-7-13(11(3)19-12)20(16,17)15-5-6-18-9-10(15)2/h7,10,14H,4-6,8-9H2,1-3H3. The normalized spacial score (nSPS) is 21.2. The van der Waals surface area contributed by atoms with Crippen molar-refractivity contribution in [2.75, 3.05) is 26.3 Å². The minimum Gasteiger partial charge on any atom is -0.464 e. The van der Waals surface area contributed by atoms with E-state index in [0.717, 1.165) is 6.54 Å². The van der Waals surface area contributed by atoms with Gasteiger partial charge in [0.05, 0.1) is 19.8 Å². The van der Waals surface area contributed by atoms with E-state index in [1.165, 1.54) is 4.31 Å². The van der Waals surface area contributed by atoms with Crippen molar-refractivity contribution >= 4 is 10.0 Å². The van der Waals surface area contributed by atoms with Gasteiger partial charge >= 0.3 is 0 Å². The average Bonchev–Trinajstić information content (AvgIpc) is 2.78. The van der Waals surface area contributed by atoms with E-state index >= 15 is 0 Å². The van der Waals surface area contributed by atoms with E-state index in [9.17, 15) is 8.42 Å². The molecule has 20 heavy (non-hydrogen) atoms. The van der Waals surface area contributed by atoms with Gasteiger partial charge < -0.3 is 14.5 Å². The molecule has 6 nitrogen and oxygen atoms in total. The third-order valence-corrected chi connectivity index (χ3v) is 5.49. The fourth-order valence-corrected chi connectivity index (χ4v) is 4.10. The summed E-state index contributed by atoms with van der Waals surface area (Å²) in [4.78, 5) is 0.263. The van der Waals surface area contributed by atoms with E-state index in [1.54, 1.807) is 13.0 Å². The van der Waals surface area contributed by atoms with Crippen LogP contribution in [0.4, 0.5) is 0 Å². The summed E-state index contributed by atoms with van der Waals surface area (Å²) in [5.74, 6) is 1.08. The molecule has 2 heterocycles. The second-order valence-electron chi connectivity index (χ2n) is 4.95. The highest BCUT2D eigenvalue weighted by Crippen LogP contribution is 2.26. The molecule has 0 amide bonds. The minimum atomic E-state index is -3.51. The van der Waals surface area contributed by atoms with E-state index in [1.807, 2.05) is 13.8 Å². The quantitative estimate of drug-likeness (QED) is 0.882. The van der Waals surface area contributed by atoms with Gasteiger partial charge in [0, 0.05) is 18.7 Å². The monoisotopic (exact) mass is 302 g/mol. The number of nitrogens with one attached hydrogen (secondary N) is 1. The van der Waals surface area contributed by atoms with Crippen molar-refractivity contribution in [3.8, 4) is 0 Å². The number of hydrogen-bond donors (Lipinski definition) is 1. The Labute approximate surface area is 120 Å². The van der Waals surface area contributed by atoms with Crippen LogP contribution in [0.5, 0.6) is 0 Å². The first-order chi connectivity index (χ1) is 9.46. The van der Waals surface area contributed by atoms with E-state index in [2.05, 4.69) is 5.32 Å². The van der Waals surface area contributed by atoms with Gasteiger partial charge in [-0.05, 0) is 20.4 Å². The molecule has 0 radical (unpaired) electrons. The maximum Gasteiger partial charge on any atom is 0.246 e. The summed E-state index contributed by atoms with van der Waals surface area (Å²) in [6, 6.07) is 1.47. The highest BCUT2D eigenvalue weighted by Gasteiger charge is 2.34. The number of sulfonamides is 1. The molecule has 0 aromatic carbocycles. The Balaban J connectivity index is 2.26. The molecule has 2 rings (SSSR count). The number of ether oxygens (including phenoxy) is 1. The van der Waals surface area contributed by atoms with Crippen LogP contribution < -0.4 is 5.32 Å². The zero-order chi connectivity index (χ0) is 14.8. The Kier molecular flexibility index (Phi) is 4.85. The molecule has 0 bridgehead atoms. The topological polar surface area (TPSA) is 71.8 Å². The molecule has 1 aliphatic heterocycles. The van der Waals surface area contributed by atoms with Gasteiger partial charge in [-0.15, -0.1) is 0 Å². The molecular weight excluding hydrogens is 280 g/mol. The SMILES string of the molecule is CCNCc1cc(S(=O)(=O)N2CCOCC2C)c(C)o1. The average molecular weight is 302 g/mol. The van der Waals surface area contributed by atoms with Gasteiger partial charge in [-0.25, -0.2) is 8.42 Å². The van der Waals surface area contributed by atoms with Gasteiger partial charge in [-0.1, -0.05) is 6.92 Å². The number of rotatable bonds is 5. The Morgan fingerprint density at radius 2 is 2.25 bits per heavy atom. The summed E-state index contributed by atoms with van der Waals surface area (Å²) in [6.07, 6.45) is 0. The second kappa shape index (κ2) is 6.26. The maximum absolute atomic E-state index is 12.7. The summed E-state index contributed by atoms with van der Waals surface area (Å²) >= 11 is 0. The lowest BCUT2D eigenvalue weighted by Gasteiger charge is -2.31. The summed E-state index contributed by atoms with van der Waals surface area (Å²) < 4.78 is 37.7. The summed E-state index contributed by atoms with van der Waals surface area (Å²) in [7, 11) is -3.51. The smallest absolute Gasteiger partial charge is 0.246 e. The van der Waals surface area contributed by atoms with Crippen molar-refractivity contribution in [2.24, 2.45) is 0 Å². The van der Waals surface area contributed by atoms with Crippen LogP contribution >= 0.6 is 0 Å². The first kappa shape index (κ1) is 15.5. The fraction of sp³-hybridized carbons (Fsp3) is 0.692. The van der Waals surface area contributed by atoms with Crippen LogP contribution in [0.25, 0.3) is 0 Å². The number of aryl methyl sites for hydroxylation is 1. The number of morpholine rings is 1. The maximum atomic E-state index is 12.7. The van der Waals surface area contributed by atoms with E-state index < -0.39 is 10.0 Å². The molecule has 0 aliphatic carbocycles. The number of nitrogens with zero attached hydrogens (tertiary/aromatic N) is 1. The molecule has 114 valence electrons. The highest BCUT2D eigenvalue weighted by molar-refractivity contribution is 7.89. The van der Waals surface area contributed by atoms with Gasteiger partial charge in [0.2, 0.25) is 10.0 Å². The molecule has 1 unspecified atom stereocenters. The van der Waals surface area contributed by atoms with Crippen LogP contribution in [0.2, 0.25) is 0 Å². The molecule has 0 saturated carbocycles. The van der Waals surface area contributed by atoms with Crippen molar-refractivity contribution in [3.05, 3.63) is 17.6 Å². The lowest BCUT2D eigenvalue weighted by atomic mass is 10.3. The molecule has 0 spiro atoms. The van der Waals surface area contributed by atoms with Crippen LogP contribution in [-0.2, 0) is 21.3 Å².